The Kier molecular flexibility index (Phi) is 1.40. The van der Waals surface area contributed by atoms with Crippen molar-refractivity contribution in [3.8, 4) is 0 Å². The van der Waals surface area contributed by atoms with Gasteiger partial charge in [0.25, 0.3) is 0 Å². The summed E-state index contributed by atoms with van der Waals surface area (Å²) < 4.78 is 1.06. The first kappa shape index (κ1) is 7.36. The van der Waals surface area contributed by atoms with E-state index in [0.29, 0.717) is 5.92 Å². The Bertz CT molecular complexity index is 348. The predicted molar refractivity (Wildman–Crippen MR) is 49.2 cm³/mol. The van der Waals surface area contributed by atoms with Crippen LogP contribution in [0.1, 0.15) is 36.4 Å². The molecule has 0 radical (unpaired) electrons. The van der Waals surface area contributed by atoms with Crippen LogP contribution in [-0.2, 0) is 6.42 Å². The number of fused-ring (bicyclic) bond motifs is 3. The van der Waals surface area contributed by atoms with Gasteiger partial charge < -0.3 is 5.21 Å². The van der Waals surface area contributed by atoms with Crippen LogP contribution in [0.5, 0.6) is 0 Å². The van der Waals surface area contributed by atoms with Gasteiger partial charge in [-0.2, -0.15) is 4.73 Å². The zero-order valence-corrected chi connectivity index (χ0v) is 7.57. The zero-order valence-electron chi connectivity index (χ0n) is 7.57. The normalized spacial score (nSPS) is 30.2. The monoisotopic (exact) mass is 175 g/mol. The van der Waals surface area contributed by atoms with Crippen molar-refractivity contribution in [1.29, 1.82) is 0 Å². The summed E-state index contributed by atoms with van der Waals surface area (Å²) in [7, 11) is 0. The van der Waals surface area contributed by atoms with Crippen LogP contribution in [0.3, 0.4) is 0 Å². The maximum atomic E-state index is 11.5. The van der Waals surface area contributed by atoms with Crippen LogP contribution in [0.15, 0.2) is 18.3 Å². The molecule has 13 heavy (non-hydrogen) atoms. The van der Waals surface area contributed by atoms with Crippen molar-refractivity contribution in [2.45, 2.75) is 31.6 Å². The van der Waals surface area contributed by atoms with Gasteiger partial charge in [-0.05, 0) is 30.7 Å². The van der Waals surface area contributed by atoms with Gasteiger partial charge in [0.15, 0.2) is 11.9 Å². The van der Waals surface area contributed by atoms with E-state index in [2.05, 4.69) is 6.07 Å². The van der Waals surface area contributed by atoms with E-state index < -0.39 is 0 Å². The third-order valence-electron chi connectivity index (χ3n) is 3.61. The summed E-state index contributed by atoms with van der Waals surface area (Å²) in [6.07, 6.45) is 6.60. The molecule has 0 saturated heterocycles. The quantitative estimate of drug-likeness (QED) is 0.436. The minimum atomic E-state index is 0.705. The molecule has 1 aromatic heterocycles. The average Bonchev–Trinajstić information content (AvgIpc) is 2.65. The molecule has 2 aliphatic carbocycles. The molecule has 0 aromatic carbocycles. The van der Waals surface area contributed by atoms with Gasteiger partial charge in [-0.1, -0.05) is 6.42 Å². The summed E-state index contributed by atoms with van der Waals surface area (Å²) in [5, 5.41) is 11.5. The van der Waals surface area contributed by atoms with E-state index >= 15 is 0 Å². The highest BCUT2D eigenvalue weighted by molar-refractivity contribution is 5.29. The van der Waals surface area contributed by atoms with E-state index in [0.717, 1.165) is 22.8 Å². The molecule has 1 fully saturated rings. The summed E-state index contributed by atoms with van der Waals surface area (Å²) >= 11 is 0. The van der Waals surface area contributed by atoms with Crippen LogP contribution in [0, 0.1) is 11.1 Å². The minimum Gasteiger partial charge on any atom is -0.618 e. The molecule has 2 aliphatic rings. The fourth-order valence-electron chi connectivity index (χ4n) is 3.02. The Morgan fingerprint density at radius 1 is 1.38 bits per heavy atom. The first-order valence-corrected chi connectivity index (χ1v) is 5.07. The fraction of sp³-hybridized carbons (Fsp3) is 0.545. The molecule has 2 nitrogen and oxygen atoms in total. The molecule has 1 aromatic rings. The van der Waals surface area contributed by atoms with Gasteiger partial charge in [-0.15, -0.1) is 0 Å². The smallest absolute Gasteiger partial charge is 0.196 e. The summed E-state index contributed by atoms with van der Waals surface area (Å²) in [5.74, 6) is 1.48. The van der Waals surface area contributed by atoms with Crippen LogP contribution in [-0.4, -0.2) is 0 Å². The minimum absolute atomic E-state index is 0.705. The molecule has 0 amide bonds. The van der Waals surface area contributed by atoms with Crippen molar-refractivity contribution in [1.82, 2.24) is 0 Å². The molecular formula is C11H13NO. The Morgan fingerprint density at radius 3 is 3.23 bits per heavy atom. The molecule has 0 aliphatic heterocycles. The van der Waals surface area contributed by atoms with Gasteiger partial charge in [0.1, 0.15) is 0 Å². The van der Waals surface area contributed by atoms with Gasteiger partial charge in [-0.25, -0.2) is 0 Å². The van der Waals surface area contributed by atoms with E-state index in [9.17, 15) is 5.21 Å². The van der Waals surface area contributed by atoms with Crippen molar-refractivity contribution >= 4 is 0 Å². The van der Waals surface area contributed by atoms with Crippen molar-refractivity contribution < 1.29 is 4.73 Å². The van der Waals surface area contributed by atoms with Crippen LogP contribution in [0.2, 0.25) is 0 Å². The number of nitrogens with zero attached hydrogens (tertiary/aromatic N) is 1. The highest BCUT2D eigenvalue weighted by Gasteiger charge is 2.39. The lowest BCUT2D eigenvalue weighted by Gasteiger charge is -2.06. The van der Waals surface area contributed by atoms with Crippen molar-refractivity contribution in [2.24, 2.45) is 5.92 Å². The molecule has 68 valence electrons. The van der Waals surface area contributed by atoms with Crippen LogP contribution >= 0.6 is 0 Å². The second-order valence-corrected chi connectivity index (χ2v) is 4.24. The highest BCUT2D eigenvalue weighted by Crippen LogP contribution is 2.46. The molecular weight excluding hydrogens is 162 g/mol. The second-order valence-electron chi connectivity index (χ2n) is 4.24. The molecule has 0 unspecified atom stereocenters. The SMILES string of the molecule is [O-][n+]1cccc2c1C[C@H]1CCC[C@@H]21. The molecule has 1 heterocycles. The van der Waals surface area contributed by atoms with Gasteiger partial charge in [0.2, 0.25) is 0 Å². The second kappa shape index (κ2) is 2.47. The van der Waals surface area contributed by atoms with Gasteiger partial charge in [-0.3, -0.25) is 0 Å². The standard InChI is InChI=1S/C11H13NO/c13-12-6-2-5-10-9-4-1-3-8(9)7-11(10)12/h2,5-6,8-9H,1,3-4,7H2/t8-,9-/m1/s1. The lowest BCUT2D eigenvalue weighted by molar-refractivity contribution is -0.613. The van der Waals surface area contributed by atoms with E-state index in [1.54, 1.807) is 6.20 Å². The van der Waals surface area contributed by atoms with E-state index in [1.807, 2.05) is 6.07 Å². The van der Waals surface area contributed by atoms with Crippen LogP contribution < -0.4 is 4.73 Å². The van der Waals surface area contributed by atoms with Crippen LogP contribution in [0.4, 0.5) is 0 Å². The average molecular weight is 175 g/mol. The fourth-order valence-corrected chi connectivity index (χ4v) is 3.02. The molecule has 2 heteroatoms. The summed E-state index contributed by atoms with van der Waals surface area (Å²) in [5.41, 5.74) is 2.37. The largest absolute Gasteiger partial charge is 0.618 e. The molecule has 0 bridgehead atoms. The number of aromatic nitrogens is 1. The molecule has 2 atom stereocenters. The van der Waals surface area contributed by atoms with Crippen LogP contribution in [0.25, 0.3) is 0 Å². The van der Waals surface area contributed by atoms with Gasteiger partial charge >= 0.3 is 0 Å². The van der Waals surface area contributed by atoms with E-state index in [1.165, 1.54) is 24.8 Å². The van der Waals surface area contributed by atoms with Crippen molar-refractivity contribution in [3.05, 3.63) is 34.8 Å². The molecule has 1 saturated carbocycles. The van der Waals surface area contributed by atoms with Crippen molar-refractivity contribution in [3.63, 3.8) is 0 Å². The van der Waals surface area contributed by atoms with E-state index in [4.69, 9.17) is 0 Å². The Labute approximate surface area is 77.8 Å². The number of rotatable bonds is 0. The third kappa shape index (κ3) is 0.916. The first-order chi connectivity index (χ1) is 6.36. The number of hydrogen-bond donors (Lipinski definition) is 0. The third-order valence-corrected chi connectivity index (χ3v) is 3.61. The molecule has 0 N–H and O–H groups in total. The van der Waals surface area contributed by atoms with E-state index in [-0.39, 0.29) is 0 Å². The summed E-state index contributed by atoms with van der Waals surface area (Å²) in [4.78, 5) is 0. The number of pyridine rings is 1. The molecule has 0 spiro atoms. The topological polar surface area (TPSA) is 26.9 Å². The first-order valence-electron chi connectivity index (χ1n) is 5.07. The van der Waals surface area contributed by atoms with Gasteiger partial charge in [0.05, 0.1) is 0 Å². The zero-order chi connectivity index (χ0) is 8.84. The Hall–Kier alpha value is -1.05. The number of hydrogen-bond acceptors (Lipinski definition) is 1. The lowest BCUT2D eigenvalue weighted by Crippen LogP contribution is -2.31. The highest BCUT2D eigenvalue weighted by atomic mass is 16.5. The Morgan fingerprint density at radius 2 is 2.31 bits per heavy atom. The summed E-state index contributed by atoms with van der Waals surface area (Å²) in [6.45, 7) is 0. The summed E-state index contributed by atoms with van der Waals surface area (Å²) in [6, 6.07) is 4.02. The molecule has 3 rings (SSSR count). The van der Waals surface area contributed by atoms with Crippen molar-refractivity contribution in [2.75, 3.05) is 0 Å². The lowest BCUT2D eigenvalue weighted by atomic mass is 9.97. The maximum Gasteiger partial charge on any atom is 0.196 e. The predicted octanol–water partition coefficient (Wildman–Crippen LogP) is 1.76. The maximum absolute atomic E-state index is 11.5. The Balaban J connectivity index is 2.12. The van der Waals surface area contributed by atoms with Gasteiger partial charge in [0, 0.05) is 18.1 Å².